The Morgan fingerprint density at radius 2 is 1.85 bits per heavy atom. The molecule has 0 saturated heterocycles. The zero-order chi connectivity index (χ0) is 14.8. The molecule has 0 bridgehead atoms. The van der Waals surface area contributed by atoms with Crippen LogP contribution in [0.3, 0.4) is 0 Å². The van der Waals surface area contributed by atoms with Crippen molar-refractivity contribution < 1.29 is 14.3 Å². The van der Waals surface area contributed by atoms with Crippen LogP contribution < -0.4 is 10.1 Å². The zero-order valence-corrected chi connectivity index (χ0v) is 13.6. The molecule has 0 spiro atoms. The van der Waals surface area contributed by atoms with Crippen LogP contribution in [-0.2, 0) is 4.74 Å². The summed E-state index contributed by atoms with van der Waals surface area (Å²) in [5.41, 5.74) is -0.457. The molecular weight excluding hydrogens is 322 g/mol. The van der Waals surface area contributed by atoms with E-state index < -0.39 is 5.60 Å². The van der Waals surface area contributed by atoms with Gasteiger partial charge in [-0.2, -0.15) is 0 Å². The van der Waals surface area contributed by atoms with Crippen LogP contribution >= 0.6 is 15.9 Å². The molecule has 0 aliphatic heterocycles. The van der Waals surface area contributed by atoms with Gasteiger partial charge in [0.25, 0.3) is 0 Å². The Hall–Kier alpha value is -1.23. The van der Waals surface area contributed by atoms with Gasteiger partial charge in [-0.25, -0.2) is 4.79 Å². The van der Waals surface area contributed by atoms with Crippen LogP contribution in [0.4, 0.5) is 4.79 Å². The maximum Gasteiger partial charge on any atom is 0.407 e. The largest absolute Gasteiger partial charge is 0.490 e. The van der Waals surface area contributed by atoms with Gasteiger partial charge in [0.05, 0.1) is 0 Å². The van der Waals surface area contributed by atoms with Gasteiger partial charge in [-0.15, -0.1) is 0 Å². The highest BCUT2D eigenvalue weighted by atomic mass is 79.9. The van der Waals surface area contributed by atoms with Crippen LogP contribution in [0.25, 0.3) is 0 Å². The number of carbonyl (C=O) groups excluding carboxylic acids is 1. The molecular formula is C15H20BrNO3. The minimum absolute atomic E-state index is 0.144. The molecule has 1 aliphatic carbocycles. The normalized spacial score (nSPS) is 21.8. The fourth-order valence-electron chi connectivity index (χ4n) is 1.96. The van der Waals surface area contributed by atoms with E-state index in [4.69, 9.17) is 9.47 Å². The van der Waals surface area contributed by atoms with Crippen molar-refractivity contribution in [1.29, 1.82) is 0 Å². The Balaban J connectivity index is 1.70. The first-order valence-electron chi connectivity index (χ1n) is 6.73. The summed E-state index contributed by atoms with van der Waals surface area (Å²) in [5, 5.41) is 2.85. The summed E-state index contributed by atoms with van der Waals surface area (Å²) < 4.78 is 12.1. The fourth-order valence-corrected chi connectivity index (χ4v) is 2.22. The van der Waals surface area contributed by atoms with E-state index in [2.05, 4.69) is 21.2 Å². The average Bonchev–Trinajstić information content (AvgIpc) is 2.26. The van der Waals surface area contributed by atoms with Crippen molar-refractivity contribution in [2.24, 2.45) is 0 Å². The summed E-state index contributed by atoms with van der Waals surface area (Å²) >= 11 is 3.39. The van der Waals surface area contributed by atoms with Crippen LogP contribution in [0.5, 0.6) is 5.75 Å². The molecule has 1 aromatic carbocycles. The highest BCUT2D eigenvalue weighted by Crippen LogP contribution is 2.27. The molecule has 20 heavy (non-hydrogen) atoms. The fraction of sp³-hybridized carbons (Fsp3) is 0.533. The monoisotopic (exact) mass is 341 g/mol. The molecule has 0 radical (unpaired) electrons. The number of ether oxygens (including phenoxy) is 2. The third kappa shape index (κ3) is 4.71. The Kier molecular flexibility index (Phi) is 4.58. The van der Waals surface area contributed by atoms with E-state index in [1.807, 2.05) is 45.0 Å². The van der Waals surface area contributed by atoms with Crippen LogP contribution in [0.1, 0.15) is 33.6 Å². The second kappa shape index (κ2) is 6.04. The van der Waals surface area contributed by atoms with Gasteiger partial charge in [0, 0.05) is 23.4 Å². The van der Waals surface area contributed by atoms with E-state index in [0.717, 1.165) is 23.1 Å². The smallest absolute Gasteiger partial charge is 0.407 e. The molecule has 1 aromatic rings. The molecule has 1 amide bonds. The van der Waals surface area contributed by atoms with Crippen molar-refractivity contribution in [3.05, 3.63) is 28.7 Å². The molecule has 0 unspecified atom stereocenters. The number of amides is 1. The van der Waals surface area contributed by atoms with Gasteiger partial charge in [-0.3, -0.25) is 0 Å². The highest BCUT2D eigenvalue weighted by Gasteiger charge is 2.33. The Bertz CT molecular complexity index is 461. The lowest BCUT2D eigenvalue weighted by Crippen LogP contribution is -2.50. The number of hydrogen-bond donors (Lipinski definition) is 1. The number of rotatable bonds is 3. The van der Waals surface area contributed by atoms with E-state index in [1.165, 1.54) is 0 Å². The molecule has 1 N–H and O–H groups in total. The van der Waals surface area contributed by atoms with Crippen molar-refractivity contribution >= 4 is 22.0 Å². The van der Waals surface area contributed by atoms with Gasteiger partial charge in [0.2, 0.25) is 0 Å². The first-order valence-corrected chi connectivity index (χ1v) is 7.53. The second-order valence-electron chi connectivity index (χ2n) is 6.01. The molecule has 2 rings (SSSR count). The molecule has 5 heteroatoms. The molecule has 1 saturated carbocycles. The van der Waals surface area contributed by atoms with Gasteiger partial charge in [-0.1, -0.05) is 15.9 Å². The lowest BCUT2D eigenvalue weighted by molar-refractivity contribution is 0.0363. The number of carbonyl (C=O) groups is 1. The van der Waals surface area contributed by atoms with E-state index in [1.54, 1.807) is 0 Å². The maximum atomic E-state index is 11.6. The van der Waals surface area contributed by atoms with Gasteiger partial charge >= 0.3 is 6.09 Å². The van der Waals surface area contributed by atoms with Gasteiger partial charge < -0.3 is 14.8 Å². The summed E-state index contributed by atoms with van der Waals surface area (Å²) in [6.07, 6.45) is 1.44. The van der Waals surface area contributed by atoms with Crippen molar-refractivity contribution in [3.8, 4) is 5.75 Å². The molecule has 110 valence electrons. The van der Waals surface area contributed by atoms with E-state index >= 15 is 0 Å². The number of halogens is 1. The van der Waals surface area contributed by atoms with Crippen LogP contribution in [0.15, 0.2) is 28.7 Å². The van der Waals surface area contributed by atoms with Crippen molar-refractivity contribution in [2.45, 2.75) is 51.4 Å². The van der Waals surface area contributed by atoms with Crippen molar-refractivity contribution in [1.82, 2.24) is 5.32 Å². The van der Waals surface area contributed by atoms with Crippen molar-refractivity contribution in [3.63, 3.8) is 0 Å². The van der Waals surface area contributed by atoms with Gasteiger partial charge in [0.15, 0.2) is 0 Å². The molecule has 0 heterocycles. The summed E-state index contributed by atoms with van der Waals surface area (Å²) in [6.45, 7) is 5.56. The standard InChI is InChI=1S/C15H20BrNO3/c1-15(2,3)20-14(18)17-11-8-13(9-11)19-12-6-4-10(16)5-7-12/h4-7,11,13H,8-9H2,1-3H3,(H,17,18)/t11-,13+. The highest BCUT2D eigenvalue weighted by molar-refractivity contribution is 9.10. The zero-order valence-electron chi connectivity index (χ0n) is 12.0. The lowest BCUT2D eigenvalue weighted by Gasteiger charge is -2.36. The molecule has 0 atom stereocenters. The Labute approximate surface area is 128 Å². The van der Waals surface area contributed by atoms with E-state index in [9.17, 15) is 4.79 Å². The molecule has 1 fully saturated rings. The molecule has 0 aromatic heterocycles. The van der Waals surface area contributed by atoms with Gasteiger partial charge in [0.1, 0.15) is 17.5 Å². The number of hydrogen-bond acceptors (Lipinski definition) is 3. The number of benzene rings is 1. The van der Waals surface area contributed by atoms with Crippen LogP contribution in [0, 0.1) is 0 Å². The SMILES string of the molecule is CC(C)(C)OC(=O)N[C@H]1C[C@@H](Oc2ccc(Br)cc2)C1. The Morgan fingerprint density at radius 1 is 1.25 bits per heavy atom. The summed E-state index contributed by atoms with van der Waals surface area (Å²) in [4.78, 5) is 11.6. The van der Waals surface area contributed by atoms with E-state index in [-0.39, 0.29) is 18.2 Å². The average molecular weight is 342 g/mol. The summed E-state index contributed by atoms with van der Waals surface area (Å²) in [7, 11) is 0. The predicted molar refractivity (Wildman–Crippen MR) is 80.9 cm³/mol. The number of nitrogens with one attached hydrogen (secondary N) is 1. The number of alkyl carbamates (subject to hydrolysis) is 1. The predicted octanol–water partition coefficient (Wildman–Crippen LogP) is 3.88. The summed E-state index contributed by atoms with van der Waals surface area (Å²) in [5.74, 6) is 0.855. The third-order valence-electron chi connectivity index (χ3n) is 2.93. The Morgan fingerprint density at radius 3 is 2.40 bits per heavy atom. The lowest BCUT2D eigenvalue weighted by atomic mass is 9.89. The summed E-state index contributed by atoms with van der Waals surface area (Å²) in [6, 6.07) is 7.90. The second-order valence-corrected chi connectivity index (χ2v) is 6.92. The van der Waals surface area contributed by atoms with E-state index in [0.29, 0.717) is 0 Å². The quantitative estimate of drug-likeness (QED) is 0.907. The van der Waals surface area contributed by atoms with Gasteiger partial charge in [-0.05, 0) is 45.0 Å². The molecule has 4 nitrogen and oxygen atoms in total. The minimum atomic E-state index is -0.457. The maximum absolute atomic E-state index is 11.6. The third-order valence-corrected chi connectivity index (χ3v) is 3.46. The minimum Gasteiger partial charge on any atom is -0.490 e. The molecule has 1 aliphatic rings. The topological polar surface area (TPSA) is 47.6 Å². The van der Waals surface area contributed by atoms with Crippen molar-refractivity contribution in [2.75, 3.05) is 0 Å². The first kappa shape index (κ1) is 15.2. The van der Waals surface area contributed by atoms with Crippen LogP contribution in [0.2, 0.25) is 0 Å². The first-order chi connectivity index (χ1) is 9.32. The van der Waals surface area contributed by atoms with Crippen LogP contribution in [-0.4, -0.2) is 23.8 Å².